The van der Waals surface area contributed by atoms with Crippen molar-refractivity contribution < 1.29 is 23.4 Å². The second-order valence-electron chi connectivity index (χ2n) is 5.45. The number of amides is 2. The van der Waals surface area contributed by atoms with Gasteiger partial charge in [0.1, 0.15) is 18.1 Å². The molecule has 128 valence electrons. The maximum Gasteiger partial charge on any atom is 0.315 e. The number of ether oxygens (including phenoxy) is 3. The Morgan fingerprint density at radius 3 is 3.00 bits per heavy atom. The highest BCUT2D eigenvalue weighted by atomic mass is 16.7. The van der Waals surface area contributed by atoms with E-state index < -0.39 is 0 Å². The van der Waals surface area contributed by atoms with Crippen LogP contribution in [0.5, 0.6) is 17.2 Å². The van der Waals surface area contributed by atoms with Crippen molar-refractivity contribution >= 4 is 6.03 Å². The highest BCUT2D eigenvalue weighted by Crippen LogP contribution is 2.34. The van der Waals surface area contributed by atoms with Gasteiger partial charge in [-0.2, -0.15) is 0 Å². The van der Waals surface area contributed by atoms with Gasteiger partial charge in [-0.05, 0) is 31.2 Å². The van der Waals surface area contributed by atoms with Crippen LogP contribution in [0.2, 0.25) is 0 Å². The van der Waals surface area contributed by atoms with Gasteiger partial charge >= 0.3 is 6.03 Å². The fourth-order valence-electron chi connectivity index (χ4n) is 2.36. The zero-order valence-electron chi connectivity index (χ0n) is 13.4. The van der Waals surface area contributed by atoms with E-state index in [4.69, 9.17) is 18.6 Å². The predicted molar refractivity (Wildman–Crippen MR) is 86.5 cm³/mol. The zero-order chi connectivity index (χ0) is 16.8. The summed E-state index contributed by atoms with van der Waals surface area (Å²) in [5.41, 5.74) is 0. The lowest BCUT2D eigenvalue weighted by Gasteiger charge is -2.14. The number of benzene rings is 1. The molecule has 1 aliphatic heterocycles. The first-order valence-electron chi connectivity index (χ1n) is 7.80. The molecule has 2 aromatic rings. The Labute approximate surface area is 139 Å². The van der Waals surface area contributed by atoms with Crippen LogP contribution in [-0.4, -0.2) is 32.0 Å². The smallest absolute Gasteiger partial charge is 0.315 e. The predicted octanol–water partition coefficient (Wildman–Crippen LogP) is 2.32. The van der Waals surface area contributed by atoms with Crippen LogP contribution >= 0.6 is 0 Å². The molecule has 2 N–H and O–H groups in total. The fraction of sp³-hybridized carbons (Fsp3) is 0.353. The molecule has 0 saturated heterocycles. The monoisotopic (exact) mass is 332 g/mol. The summed E-state index contributed by atoms with van der Waals surface area (Å²) in [6.45, 7) is 2.91. The molecule has 7 heteroatoms. The molecule has 0 spiro atoms. The highest BCUT2D eigenvalue weighted by Gasteiger charge is 2.13. The van der Waals surface area contributed by atoms with Crippen LogP contribution in [0.1, 0.15) is 12.7 Å². The van der Waals surface area contributed by atoms with E-state index in [2.05, 4.69) is 10.6 Å². The first kappa shape index (κ1) is 16.0. The van der Waals surface area contributed by atoms with Gasteiger partial charge < -0.3 is 29.3 Å². The van der Waals surface area contributed by atoms with Crippen LogP contribution in [-0.2, 0) is 6.42 Å². The molecule has 3 rings (SSSR count). The molecule has 24 heavy (non-hydrogen) atoms. The maximum absolute atomic E-state index is 11.8. The number of fused-ring (bicyclic) bond motifs is 1. The summed E-state index contributed by atoms with van der Waals surface area (Å²) in [4.78, 5) is 11.8. The number of hydrogen-bond donors (Lipinski definition) is 2. The molecular weight excluding hydrogens is 312 g/mol. The average molecular weight is 332 g/mol. The molecular formula is C17H20N2O5. The third-order valence-electron chi connectivity index (χ3n) is 3.47. The third-order valence-corrected chi connectivity index (χ3v) is 3.47. The first-order valence-corrected chi connectivity index (χ1v) is 7.80. The molecule has 0 saturated carbocycles. The van der Waals surface area contributed by atoms with E-state index in [9.17, 15) is 4.79 Å². The maximum atomic E-state index is 11.8. The molecule has 0 bridgehead atoms. The first-order chi connectivity index (χ1) is 11.7. The largest absolute Gasteiger partial charge is 0.492 e. The fourth-order valence-corrected chi connectivity index (χ4v) is 2.36. The van der Waals surface area contributed by atoms with Crippen LogP contribution in [0, 0.1) is 0 Å². The quantitative estimate of drug-likeness (QED) is 0.761. The molecule has 0 aliphatic carbocycles. The Morgan fingerprint density at radius 1 is 1.29 bits per heavy atom. The van der Waals surface area contributed by atoms with Gasteiger partial charge in [-0.3, -0.25) is 0 Å². The third kappa shape index (κ3) is 4.34. The number of carbonyl (C=O) groups excluding carboxylic acids is 1. The van der Waals surface area contributed by atoms with Crippen molar-refractivity contribution in [3.8, 4) is 17.2 Å². The number of carbonyl (C=O) groups is 1. The van der Waals surface area contributed by atoms with Gasteiger partial charge in [-0.25, -0.2) is 4.79 Å². The number of urea groups is 1. The summed E-state index contributed by atoms with van der Waals surface area (Å²) in [6, 6.07) is 8.83. The average Bonchev–Trinajstić information content (AvgIpc) is 3.22. The van der Waals surface area contributed by atoms with E-state index in [-0.39, 0.29) is 18.9 Å². The SMILES string of the molecule is CC(Cc1ccco1)NC(=O)NCCOc1ccc2c(c1)OCO2. The second kappa shape index (κ2) is 7.63. The van der Waals surface area contributed by atoms with E-state index in [1.165, 1.54) is 0 Å². The molecule has 0 radical (unpaired) electrons. The lowest BCUT2D eigenvalue weighted by molar-refractivity contribution is 0.173. The van der Waals surface area contributed by atoms with E-state index in [0.29, 0.717) is 36.8 Å². The van der Waals surface area contributed by atoms with Gasteiger partial charge in [-0.1, -0.05) is 0 Å². The van der Waals surface area contributed by atoms with E-state index in [0.717, 1.165) is 5.76 Å². The lowest BCUT2D eigenvalue weighted by Crippen LogP contribution is -2.42. The standard InChI is InChI=1S/C17H20N2O5/c1-12(9-13-3-2-7-21-13)19-17(20)18-6-8-22-14-4-5-15-16(10-14)24-11-23-15/h2-5,7,10,12H,6,8-9,11H2,1H3,(H2,18,19,20). The Balaban J connectivity index is 1.33. The Bertz CT molecular complexity index is 672. The molecule has 2 heterocycles. The second-order valence-corrected chi connectivity index (χ2v) is 5.45. The Hall–Kier alpha value is -2.83. The molecule has 1 unspecified atom stereocenters. The minimum absolute atomic E-state index is 0.0223. The molecule has 1 aromatic carbocycles. The molecule has 1 aromatic heterocycles. The normalized spacial score (nSPS) is 13.4. The lowest BCUT2D eigenvalue weighted by atomic mass is 10.2. The van der Waals surface area contributed by atoms with Crippen LogP contribution in [0.25, 0.3) is 0 Å². The van der Waals surface area contributed by atoms with Crippen molar-refractivity contribution in [2.45, 2.75) is 19.4 Å². The molecule has 1 atom stereocenters. The summed E-state index contributed by atoms with van der Waals surface area (Å²) in [5.74, 6) is 2.90. The van der Waals surface area contributed by atoms with Gasteiger partial charge in [-0.15, -0.1) is 0 Å². The van der Waals surface area contributed by atoms with E-state index in [1.54, 1.807) is 24.5 Å². The summed E-state index contributed by atoms with van der Waals surface area (Å²) < 4.78 is 21.3. The number of furan rings is 1. The van der Waals surface area contributed by atoms with Crippen molar-refractivity contribution in [3.05, 3.63) is 42.4 Å². The van der Waals surface area contributed by atoms with Gasteiger partial charge in [0, 0.05) is 18.5 Å². The van der Waals surface area contributed by atoms with Gasteiger partial charge in [0.2, 0.25) is 6.79 Å². The van der Waals surface area contributed by atoms with Gasteiger partial charge in [0.05, 0.1) is 12.8 Å². The topological polar surface area (TPSA) is 82.0 Å². The Kier molecular flexibility index (Phi) is 5.10. The minimum Gasteiger partial charge on any atom is -0.492 e. The molecule has 7 nitrogen and oxygen atoms in total. The van der Waals surface area contributed by atoms with Crippen LogP contribution < -0.4 is 24.8 Å². The van der Waals surface area contributed by atoms with Crippen LogP contribution in [0.15, 0.2) is 41.0 Å². The highest BCUT2D eigenvalue weighted by molar-refractivity contribution is 5.74. The van der Waals surface area contributed by atoms with Crippen LogP contribution in [0.3, 0.4) is 0 Å². The van der Waals surface area contributed by atoms with Crippen LogP contribution in [0.4, 0.5) is 4.79 Å². The summed E-state index contributed by atoms with van der Waals surface area (Å²) in [5, 5.41) is 5.60. The Morgan fingerprint density at radius 2 is 2.17 bits per heavy atom. The summed E-state index contributed by atoms with van der Waals surface area (Å²) >= 11 is 0. The van der Waals surface area contributed by atoms with E-state index in [1.807, 2.05) is 19.1 Å². The number of nitrogens with one attached hydrogen (secondary N) is 2. The van der Waals surface area contributed by atoms with Crippen molar-refractivity contribution in [1.82, 2.24) is 10.6 Å². The van der Waals surface area contributed by atoms with Gasteiger partial charge in [0.15, 0.2) is 11.5 Å². The zero-order valence-corrected chi connectivity index (χ0v) is 13.4. The molecule has 1 aliphatic rings. The summed E-state index contributed by atoms with van der Waals surface area (Å²) in [6.07, 6.45) is 2.27. The summed E-state index contributed by atoms with van der Waals surface area (Å²) in [7, 11) is 0. The van der Waals surface area contributed by atoms with Crippen molar-refractivity contribution in [2.75, 3.05) is 19.9 Å². The number of hydrogen-bond acceptors (Lipinski definition) is 5. The van der Waals surface area contributed by atoms with E-state index >= 15 is 0 Å². The molecule has 0 fully saturated rings. The minimum atomic E-state index is -0.233. The number of rotatable bonds is 7. The van der Waals surface area contributed by atoms with Gasteiger partial charge in [0.25, 0.3) is 0 Å². The van der Waals surface area contributed by atoms with Crippen molar-refractivity contribution in [2.24, 2.45) is 0 Å². The molecule has 2 amide bonds. The van der Waals surface area contributed by atoms with Crippen molar-refractivity contribution in [3.63, 3.8) is 0 Å². The van der Waals surface area contributed by atoms with Crippen molar-refractivity contribution in [1.29, 1.82) is 0 Å².